The zero-order valence-corrected chi connectivity index (χ0v) is 11.9. The molecular weight excluding hydrogens is 236 g/mol. The topological polar surface area (TPSA) is 40.5 Å². The zero-order chi connectivity index (χ0) is 13.0. The molecule has 4 rings (SSSR count). The number of hydrogen-bond acceptors (Lipinski definition) is 2. The van der Waals surface area contributed by atoms with E-state index in [1.165, 1.54) is 51.4 Å². The van der Waals surface area contributed by atoms with Crippen LogP contribution in [0.15, 0.2) is 0 Å². The Morgan fingerprint density at radius 3 is 2.05 bits per heavy atom. The number of fused-ring (bicyclic) bond motifs is 5. The lowest BCUT2D eigenvalue weighted by atomic mass is 9.53. The van der Waals surface area contributed by atoms with E-state index >= 15 is 0 Å². The largest absolute Gasteiger partial charge is 0.390 e. The predicted molar refractivity (Wildman–Crippen MR) is 74.5 cm³/mol. The summed E-state index contributed by atoms with van der Waals surface area (Å²) in [6.07, 6.45) is 10.9. The van der Waals surface area contributed by atoms with Gasteiger partial charge in [0.1, 0.15) is 0 Å². The summed E-state index contributed by atoms with van der Waals surface area (Å²) in [5.41, 5.74) is 0. The van der Waals surface area contributed by atoms with Crippen LogP contribution >= 0.6 is 0 Å². The summed E-state index contributed by atoms with van der Waals surface area (Å²) >= 11 is 0. The molecule has 4 fully saturated rings. The van der Waals surface area contributed by atoms with E-state index in [0.29, 0.717) is 5.92 Å². The average molecular weight is 264 g/mol. The molecule has 2 N–H and O–H groups in total. The number of rotatable bonds is 0. The van der Waals surface area contributed by atoms with Gasteiger partial charge < -0.3 is 10.2 Å². The fraction of sp³-hybridized carbons (Fsp3) is 1.00. The molecule has 4 aliphatic rings. The van der Waals surface area contributed by atoms with E-state index in [2.05, 4.69) is 0 Å². The van der Waals surface area contributed by atoms with E-state index < -0.39 is 12.2 Å². The molecule has 108 valence electrons. The highest BCUT2D eigenvalue weighted by molar-refractivity contribution is 5.01. The van der Waals surface area contributed by atoms with Crippen LogP contribution in [-0.2, 0) is 0 Å². The fourth-order valence-electron chi connectivity index (χ4n) is 6.47. The van der Waals surface area contributed by atoms with E-state index in [-0.39, 0.29) is 0 Å². The predicted octanol–water partition coefficient (Wildman–Crippen LogP) is 2.97. The Labute approximate surface area is 116 Å². The van der Waals surface area contributed by atoms with Crippen molar-refractivity contribution in [1.29, 1.82) is 0 Å². The highest BCUT2D eigenvalue weighted by atomic mass is 16.3. The van der Waals surface area contributed by atoms with Gasteiger partial charge in [-0.15, -0.1) is 0 Å². The lowest BCUT2D eigenvalue weighted by Crippen LogP contribution is -2.51. The number of aliphatic hydroxyl groups is 2. The van der Waals surface area contributed by atoms with E-state index in [0.717, 1.165) is 36.0 Å². The normalized spacial score (nSPS) is 57.2. The third-order valence-corrected chi connectivity index (χ3v) is 7.25. The summed E-state index contributed by atoms with van der Waals surface area (Å²) in [6, 6.07) is 0. The smallest absolute Gasteiger partial charge is 0.0829 e. The summed E-state index contributed by atoms with van der Waals surface area (Å²) in [5.74, 6) is 5.02. The third kappa shape index (κ3) is 1.90. The van der Waals surface area contributed by atoms with Gasteiger partial charge >= 0.3 is 0 Å². The summed E-state index contributed by atoms with van der Waals surface area (Å²) in [6.45, 7) is 0. The number of hydrogen-bond donors (Lipinski definition) is 2. The Bertz CT molecular complexity index is 342. The average Bonchev–Trinajstić information content (AvgIpc) is 2.91. The quantitative estimate of drug-likeness (QED) is 0.706. The minimum Gasteiger partial charge on any atom is -0.390 e. The Morgan fingerprint density at radius 1 is 0.526 bits per heavy atom. The Kier molecular flexibility index (Phi) is 3.15. The molecule has 0 spiro atoms. The van der Waals surface area contributed by atoms with Gasteiger partial charge in [0, 0.05) is 0 Å². The maximum Gasteiger partial charge on any atom is 0.0829 e. The van der Waals surface area contributed by atoms with Crippen LogP contribution in [0.25, 0.3) is 0 Å². The summed E-state index contributed by atoms with van der Waals surface area (Å²) in [7, 11) is 0. The maximum absolute atomic E-state index is 10.3. The van der Waals surface area contributed by atoms with Crippen LogP contribution in [0.5, 0.6) is 0 Å². The van der Waals surface area contributed by atoms with Crippen LogP contribution in [-0.4, -0.2) is 22.4 Å². The van der Waals surface area contributed by atoms with Crippen LogP contribution in [0.4, 0.5) is 0 Å². The lowest BCUT2D eigenvalue weighted by Gasteiger charge is -2.53. The van der Waals surface area contributed by atoms with Crippen molar-refractivity contribution in [3.63, 3.8) is 0 Å². The van der Waals surface area contributed by atoms with Gasteiger partial charge in [-0.05, 0) is 80.5 Å². The first-order chi connectivity index (χ1) is 9.25. The van der Waals surface area contributed by atoms with Gasteiger partial charge in [0.25, 0.3) is 0 Å². The SMILES string of the molecule is OC1CCC2C(CCC3C4CCCC4CCC32)C1O. The molecule has 0 bridgehead atoms. The molecule has 0 aromatic carbocycles. The first kappa shape index (κ1) is 12.6. The zero-order valence-electron chi connectivity index (χ0n) is 11.9. The fourth-order valence-corrected chi connectivity index (χ4v) is 6.47. The summed E-state index contributed by atoms with van der Waals surface area (Å²) in [5, 5.41) is 20.2. The van der Waals surface area contributed by atoms with Crippen molar-refractivity contribution in [2.45, 2.75) is 70.0 Å². The van der Waals surface area contributed by atoms with Gasteiger partial charge in [0.2, 0.25) is 0 Å². The molecule has 0 aliphatic heterocycles. The Balaban J connectivity index is 1.55. The first-order valence-electron chi connectivity index (χ1n) is 8.62. The molecule has 0 aromatic heterocycles. The second-order valence-corrected chi connectivity index (χ2v) is 7.80. The molecule has 4 saturated carbocycles. The molecule has 0 aromatic rings. The Hall–Kier alpha value is -0.0800. The van der Waals surface area contributed by atoms with Gasteiger partial charge in [0.15, 0.2) is 0 Å². The first-order valence-corrected chi connectivity index (χ1v) is 8.62. The molecule has 0 heterocycles. The maximum atomic E-state index is 10.3. The molecule has 8 unspecified atom stereocenters. The van der Waals surface area contributed by atoms with Gasteiger partial charge in [-0.1, -0.05) is 12.8 Å². The molecule has 8 atom stereocenters. The minimum atomic E-state index is -0.444. The van der Waals surface area contributed by atoms with Crippen molar-refractivity contribution in [3.05, 3.63) is 0 Å². The molecule has 19 heavy (non-hydrogen) atoms. The van der Waals surface area contributed by atoms with Gasteiger partial charge in [-0.2, -0.15) is 0 Å². The number of aliphatic hydroxyl groups excluding tert-OH is 2. The third-order valence-electron chi connectivity index (χ3n) is 7.25. The van der Waals surface area contributed by atoms with Crippen molar-refractivity contribution in [2.24, 2.45) is 35.5 Å². The molecule has 0 amide bonds. The monoisotopic (exact) mass is 264 g/mol. The van der Waals surface area contributed by atoms with Crippen LogP contribution < -0.4 is 0 Å². The Morgan fingerprint density at radius 2 is 1.16 bits per heavy atom. The van der Waals surface area contributed by atoms with E-state index in [9.17, 15) is 10.2 Å². The molecule has 2 nitrogen and oxygen atoms in total. The minimum absolute atomic E-state index is 0.406. The highest BCUT2D eigenvalue weighted by Crippen LogP contribution is 2.57. The van der Waals surface area contributed by atoms with Gasteiger partial charge in [0.05, 0.1) is 12.2 Å². The van der Waals surface area contributed by atoms with Crippen molar-refractivity contribution >= 4 is 0 Å². The summed E-state index contributed by atoms with van der Waals surface area (Å²) < 4.78 is 0. The standard InChI is InChI=1S/C17H28O2/c18-16-9-8-14-13-5-4-10-2-1-3-11(10)12(13)6-7-15(14)17(16)19/h10-19H,1-9H2. The van der Waals surface area contributed by atoms with Gasteiger partial charge in [-0.3, -0.25) is 0 Å². The van der Waals surface area contributed by atoms with Crippen LogP contribution in [0.2, 0.25) is 0 Å². The molecular formula is C17H28O2. The van der Waals surface area contributed by atoms with Crippen molar-refractivity contribution < 1.29 is 10.2 Å². The van der Waals surface area contributed by atoms with Crippen molar-refractivity contribution in [3.8, 4) is 0 Å². The summed E-state index contributed by atoms with van der Waals surface area (Å²) in [4.78, 5) is 0. The van der Waals surface area contributed by atoms with Crippen molar-refractivity contribution in [1.82, 2.24) is 0 Å². The second-order valence-electron chi connectivity index (χ2n) is 7.80. The van der Waals surface area contributed by atoms with Crippen LogP contribution in [0, 0.1) is 35.5 Å². The second kappa shape index (κ2) is 4.73. The molecule has 0 radical (unpaired) electrons. The van der Waals surface area contributed by atoms with E-state index in [1.54, 1.807) is 0 Å². The van der Waals surface area contributed by atoms with Crippen molar-refractivity contribution in [2.75, 3.05) is 0 Å². The van der Waals surface area contributed by atoms with E-state index in [4.69, 9.17) is 0 Å². The molecule has 0 saturated heterocycles. The van der Waals surface area contributed by atoms with Gasteiger partial charge in [-0.25, -0.2) is 0 Å². The van der Waals surface area contributed by atoms with Crippen LogP contribution in [0.1, 0.15) is 57.8 Å². The van der Waals surface area contributed by atoms with E-state index in [1.807, 2.05) is 0 Å². The highest BCUT2D eigenvalue weighted by Gasteiger charge is 2.51. The molecule has 2 heteroatoms. The molecule has 4 aliphatic carbocycles. The lowest BCUT2D eigenvalue weighted by molar-refractivity contribution is -0.119. The van der Waals surface area contributed by atoms with Crippen LogP contribution in [0.3, 0.4) is 0 Å².